The number of nitro benzene ring substituents is 1. The van der Waals surface area contributed by atoms with Gasteiger partial charge in [-0.2, -0.15) is 0 Å². The second kappa shape index (κ2) is 9.42. The van der Waals surface area contributed by atoms with Crippen LogP contribution in [-0.4, -0.2) is 34.0 Å². The summed E-state index contributed by atoms with van der Waals surface area (Å²) in [5.74, 6) is 1.26. The number of nitrogens with zero attached hydrogens (tertiary/aromatic N) is 4. The highest BCUT2D eigenvalue weighted by Gasteiger charge is 2.16. The molecule has 9 heteroatoms. The quantitative estimate of drug-likeness (QED) is 0.256. The van der Waals surface area contributed by atoms with Gasteiger partial charge in [0.25, 0.3) is 5.69 Å². The molecule has 2 aromatic carbocycles. The number of aliphatic imine (C=N–C) groups is 1. The Bertz CT molecular complexity index is 1140. The summed E-state index contributed by atoms with van der Waals surface area (Å²) in [4.78, 5) is 24.5. The molecule has 1 aliphatic rings. The van der Waals surface area contributed by atoms with E-state index in [1.807, 2.05) is 24.3 Å². The van der Waals surface area contributed by atoms with E-state index < -0.39 is 4.92 Å². The Kier molecular flexibility index (Phi) is 6.25. The van der Waals surface area contributed by atoms with E-state index in [0.29, 0.717) is 17.0 Å². The van der Waals surface area contributed by atoms with Crippen LogP contribution in [0.2, 0.25) is 0 Å². The number of methoxy groups -OCH3 is 1. The molecule has 0 atom stereocenters. The second-order valence-electron chi connectivity index (χ2n) is 7.58. The number of benzene rings is 2. The molecule has 9 nitrogen and oxygen atoms in total. The summed E-state index contributed by atoms with van der Waals surface area (Å²) in [6.07, 6.45) is 4.35. The third kappa shape index (κ3) is 5.00. The number of nitrogens with two attached hydrogens (primary N) is 1. The highest BCUT2D eigenvalue weighted by atomic mass is 16.6. The summed E-state index contributed by atoms with van der Waals surface area (Å²) in [5.41, 5.74) is 8.72. The van der Waals surface area contributed by atoms with Gasteiger partial charge in [-0.3, -0.25) is 15.4 Å². The van der Waals surface area contributed by atoms with Gasteiger partial charge < -0.3 is 10.5 Å². The molecule has 0 unspecified atom stereocenters. The minimum absolute atomic E-state index is 0.0103. The van der Waals surface area contributed by atoms with Gasteiger partial charge in [-0.15, -0.1) is 0 Å². The maximum atomic E-state index is 11.2. The minimum Gasteiger partial charge on any atom is -0.497 e. The Morgan fingerprint density at radius 1 is 1.09 bits per heavy atom. The number of guanidine groups is 1. The summed E-state index contributed by atoms with van der Waals surface area (Å²) in [7, 11) is 1.61. The van der Waals surface area contributed by atoms with E-state index in [0.717, 1.165) is 37.0 Å². The van der Waals surface area contributed by atoms with Crippen molar-refractivity contribution in [1.82, 2.24) is 9.97 Å². The lowest BCUT2D eigenvalue weighted by Crippen LogP contribution is -2.26. The molecule has 4 rings (SSSR count). The van der Waals surface area contributed by atoms with Crippen LogP contribution in [0.4, 0.5) is 11.6 Å². The molecule has 1 aliphatic carbocycles. The van der Waals surface area contributed by atoms with Crippen LogP contribution in [0.1, 0.15) is 25.7 Å². The Morgan fingerprint density at radius 2 is 1.78 bits per heavy atom. The molecule has 1 heterocycles. The van der Waals surface area contributed by atoms with Gasteiger partial charge >= 0.3 is 0 Å². The van der Waals surface area contributed by atoms with E-state index >= 15 is 0 Å². The Labute approximate surface area is 185 Å². The number of ether oxygens (including phenoxy) is 1. The third-order valence-corrected chi connectivity index (χ3v) is 5.35. The van der Waals surface area contributed by atoms with E-state index in [4.69, 9.17) is 10.5 Å². The number of hydrogen-bond acceptors (Lipinski definition) is 6. The van der Waals surface area contributed by atoms with Crippen LogP contribution in [0.3, 0.4) is 0 Å². The zero-order valence-electron chi connectivity index (χ0n) is 17.7. The van der Waals surface area contributed by atoms with E-state index in [-0.39, 0.29) is 23.6 Å². The maximum absolute atomic E-state index is 11.2. The van der Waals surface area contributed by atoms with Gasteiger partial charge in [0.15, 0.2) is 5.96 Å². The van der Waals surface area contributed by atoms with Crippen molar-refractivity contribution in [2.75, 3.05) is 12.4 Å². The molecule has 0 amide bonds. The minimum atomic E-state index is -0.430. The largest absolute Gasteiger partial charge is 0.497 e. The van der Waals surface area contributed by atoms with Crippen LogP contribution in [0.15, 0.2) is 59.6 Å². The highest BCUT2D eigenvalue weighted by molar-refractivity contribution is 5.91. The standard InChI is InChI=1S/C23H24N6O3/c1-32-19-11-9-15(10-12-19)20-14-21(16-5-4-8-18(13-16)29(30)31)27-23(26-20)28-22(24)25-17-6-2-3-7-17/h4-5,8-14,17H,2-3,6-7H2,1H3,(H3,24,25,26,27,28). The van der Waals surface area contributed by atoms with Crippen molar-refractivity contribution in [3.05, 3.63) is 64.7 Å². The fraction of sp³-hybridized carbons (Fsp3) is 0.261. The van der Waals surface area contributed by atoms with E-state index in [2.05, 4.69) is 20.3 Å². The second-order valence-corrected chi connectivity index (χ2v) is 7.58. The molecule has 0 aliphatic heterocycles. The summed E-state index contributed by atoms with van der Waals surface area (Å²) in [6, 6.07) is 15.8. The van der Waals surface area contributed by atoms with Gasteiger partial charge in [0.05, 0.1) is 29.5 Å². The van der Waals surface area contributed by atoms with Gasteiger partial charge in [-0.1, -0.05) is 25.0 Å². The molecule has 1 saturated carbocycles. The average Bonchev–Trinajstić information content (AvgIpc) is 3.32. The lowest BCUT2D eigenvalue weighted by molar-refractivity contribution is -0.384. The van der Waals surface area contributed by atoms with E-state index in [9.17, 15) is 10.1 Å². The van der Waals surface area contributed by atoms with Crippen LogP contribution in [0.25, 0.3) is 22.5 Å². The van der Waals surface area contributed by atoms with E-state index in [1.165, 1.54) is 12.1 Å². The number of nitrogens with one attached hydrogen (secondary N) is 1. The van der Waals surface area contributed by atoms with Gasteiger partial charge in [-0.25, -0.2) is 15.0 Å². The zero-order chi connectivity index (χ0) is 22.5. The van der Waals surface area contributed by atoms with Crippen molar-refractivity contribution >= 4 is 17.6 Å². The summed E-state index contributed by atoms with van der Waals surface area (Å²) in [5, 5.41) is 14.2. The zero-order valence-corrected chi connectivity index (χ0v) is 17.7. The van der Waals surface area contributed by atoms with Crippen LogP contribution in [0.5, 0.6) is 5.75 Å². The topological polar surface area (TPSA) is 129 Å². The van der Waals surface area contributed by atoms with Crippen molar-refractivity contribution in [3.8, 4) is 28.3 Å². The number of anilines is 1. The van der Waals surface area contributed by atoms with Crippen LogP contribution >= 0.6 is 0 Å². The molecule has 0 bridgehead atoms. The van der Waals surface area contributed by atoms with Gasteiger partial charge in [0.1, 0.15) is 5.75 Å². The lowest BCUT2D eigenvalue weighted by atomic mass is 10.1. The van der Waals surface area contributed by atoms with Crippen molar-refractivity contribution in [2.24, 2.45) is 10.7 Å². The average molecular weight is 432 g/mol. The first-order valence-corrected chi connectivity index (χ1v) is 10.4. The molecule has 1 aromatic heterocycles. The molecule has 0 radical (unpaired) electrons. The molecular formula is C23H24N6O3. The van der Waals surface area contributed by atoms with Gasteiger partial charge in [0.2, 0.25) is 5.95 Å². The first-order chi connectivity index (χ1) is 15.5. The SMILES string of the molecule is COc1ccc(-c2cc(-c3cccc([N+](=O)[O-])c3)nc(NC(N)=NC3CCCC3)n2)cc1. The number of aromatic nitrogens is 2. The molecular weight excluding hydrogens is 408 g/mol. The number of nitro groups is 1. The highest BCUT2D eigenvalue weighted by Crippen LogP contribution is 2.28. The third-order valence-electron chi connectivity index (χ3n) is 5.35. The lowest BCUT2D eigenvalue weighted by Gasteiger charge is -2.11. The molecule has 32 heavy (non-hydrogen) atoms. The molecule has 0 saturated heterocycles. The molecule has 1 fully saturated rings. The van der Waals surface area contributed by atoms with Crippen molar-refractivity contribution < 1.29 is 9.66 Å². The molecule has 3 N–H and O–H groups in total. The first-order valence-electron chi connectivity index (χ1n) is 10.4. The first kappa shape index (κ1) is 21.2. The summed E-state index contributed by atoms with van der Waals surface area (Å²) >= 11 is 0. The van der Waals surface area contributed by atoms with Crippen LogP contribution in [0, 0.1) is 10.1 Å². The fourth-order valence-corrected chi connectivity index (χ4v) is 3.72. The molecule has 0 spiro atoms. The van der Waals surface area contributed by atoms with E-state index in [1.54, 1.807) is 25.3 Å². The number of non-ortho nitro benzene ring substituents is 1. The summed E-state index contributed by atoms with van der Waals surface area (Å²) < 4.78 is 5.23. The predicted molar refractivity (Wildman–Crippen MR) is 124 cm³/mol. The van der Waals surface area contributed by atoms with Crippen molar-refractivity contribution in [3.63, 3.8) is 0 Å². The number of hydrogen-bond donors (Lipinski definition) is 2. The normalized spacial score (nSPS) is 14.3. The van der Waals surface area contributed by atoms with Crippen molar-refractivity contribution in [2.45, 2.75) is 31.7 Å². The Balaban J connectivity index is 1.73. The number of rotatable bonds is 6. The molecule has 164 valence electrons. The predicted octanol–water partition coefficient (Wildman–Crippen LogP) is 4.40. The molecule has 3 aromatic rings. The summed E-state index contributed by atoms with van der Waals surface area (Å²) in [6.45, 7) is 0. The van der Waals surface area contributed by atoms with Crippen molar-refractivity contribution in [1.29, 1.82) is 0 Å². The Hall–Kier alpha value is -4.01. The van der Waals surface area contributed by atoms with Gasteiger partial charge in [0, 0.05) is 23.3 Å². The monoisotopic (exact) mass is 432 g/mol. The smallest absolute Gasteiger partial charge is 0.270 e. The fourth-order valence-electron chi connectivity index (χ4n) is 3.72. The van der Waals surface area contributed by atoms with Crippen LogP contribution < -0.4 is 15.8 Å². The Morgan fingerprint density at radius 3 is 2.44 bits per heavy atom. The maximum Gasteiger partial charge on any atom is 0.270 e. The van der Waals surface area contributed by atoms with Gasteiger partial charge in [-0.05, 0) is 43.2 Å². The van der Waals surface area contributed by atoms with Crippen LogP contribution in [-0.2, 0) is 0 Å².